The van der Waals surface area contributed by atoms with Crippen molar-refractivity contribution in [1.82, 2.24) is 92.6 Å². The Morgan fingerprint density at radius 3 is 1.81 bits per heavy atom. The number of nitrogens with zero attached hydrogens (tertiary/aromatic N) is 6. The molecule has 9 rings (SSSR count). The van der Waals surface area contributed by atoms with Crippen LogP contribution in [0.15, 0.2) is 96.9 Å². The summed E-state index contributed by atoms with van der Waals surface area (Å²) in [5.74, 6) is -18.8. The fourth-order valence-corrected chi connectivity index (χ4v) is 19.0. The number of thiophene rings is 1. The molecule has 3 aliphatic rings. The van der Waals surface area contributed by atoms with E-state index in [2.05, 4.69) is 68.1 Å². The number of aliphatic hydroxyl groups is 1. The maximum absolute atomic E-state index is 15.8. The van der Waals surface area contributed by atoms with Crippen molar-refractivity contribution in [3.8, 4) is 5.75 Å². The van der Waals surface area contributed by atoms with Gasteiger partial charge in [0.05, 0.1) is 38.2 Å². The van der Waals surface area contributed by atoms with E-state index in [1.54, 1.807) is 62.7 Å². The van der Waals surface area contributed by atoms with Crippen LogP contribution in [0.4, 0.5) is 0 Å². The number of aromatic nitrogens is 3. The van der Waals surface area contributed by atoms with E-state index in [1.807, 2.05) is 32.0 Å². The molecule has 0 spiro atoms. The summed E-state index contributed by atoms with van der Waals surface area (Å²) < 4.78 is 0.827. The van der Waals surface area contributed by atoms with E-state index >= 15 is 43.2 Å². The number of ketones is 1. The lowest BCUT2D eigenvalue weighted by Crippen LogP contribution is -2.62. The van der Waals surface area contributed by atoms with Crippen molar-refractivity contribution in [2.75, 3.05) is 72.0 Å². The quantitative estimate of drug-likeness (QED) is 0.0194. The van der Waals surface area contributed by atoms with E-state index in [4.69, 9.17) is 22.6 Å². The number of imidazole rings is 1. The molecular formula is C92H128N22O19S2. The van der Waals surface area contributed by atoms with Crippen LogP contribution in [0.2, 0.25) is 0 Å². The van der Waals surface area contributed by atoms with Crippen molar-refractivity contribution in [2.24, 2.45) is 29.0 Å². The molecule has 0 radical (unpaired) electrons. The second kappa shape index (κ2) is 50.9. The molecule has 16 amide bonds. The third-order valence-electron chi connectivity index (χ3n) is 24.4. The van der Waals surface area contributed by atoms with Gasteiger partial charge in [0, 0.05) is 111 Å². The molecule has 3 aromatic heterocycles. The van der Waals surface area contributed by atoms with Gasteiger partial charge in [-0.1, -0.05) is 109 Å². The molecule has 0 saturated carbocycles. The van der Waals surface area contributed by atoms with Crippen LogP contribution in [0, 0.1) is 17.2 Å². The Kier molecular flexibility index (Phi) is 39.8. The molecule has 14 atom stereocenters. The topological polar surface area (TPSA) is 614 Å². The second-order valence-corrected chi connectivity index (χ2v) is 37.0. The zero-order valence-corrected chi connectivity index (χ0v) is 79.0. The third kappa shape index (κ3) is 29.7. The number of fused-ring (bicyclic) bond motifs is 4. The van der Waals surface area contributed by atoms with Gasteiger partial charge in [0.2, 0.25) is 94.5 Å². The highest BCUT2D eigenvalue weighted by atomic mass is 32.2. The molecule has 21 N–H and O–H groups in total. The monoisotopic (exact) mass is 1910 g/mol. The number of carbonyl (C=O) groups excluding carboxylic acids is 17. The number of primary amides is 2. The second-order valence-electron chi connectivity index (χ2n) is 35.1. The number of hydrogen-bond acceptors (Lipinski definition) is 23. The summed E-state index contributed by atoms with van der Waals surface area (Å²) in [5, 5.41) is 59.4. The SMILES string of the molecule is CCCC[C@H]1C(=O)N(C)[C@@H](CCCC)C(=O)N[C@@H](CCCNC(=N)N)C(=O)N[C@H](C(=O)NCC(N)=O)CSCC(=O)C[C@@H](Cc2ccc(O)cc2)C(=O)N(C)CC(=O)N[C@@H](CC(N)=O)C(=O)N2CCC[C@H]2C(=O)N[C@@H](C(C)c2cnc[nH]2)C(=O)N[C@@H](CC(C)C)C(=O)N2CCC[C@H]2C(=O)N[C@@H](Cc2c[nH]c3ccccc23)C(=O)N[C@@H](CO)C(=O)N[C@@H](Cc2csc3ccccc23)C(=O)N1C. The van der Waals surface area contributed by atoms with Crippen LogP contribution in [-0.2, 0) is 101 Å². The number of benzene rings is 3. The lowest BCUT2D eigenvalue weighted by Gasteiger charge is -2.36. The first-order chi connectivity index (χ1) is 64.4. The number of phenols is 1. The number of Topliss-reactive ketones (excluding diaryl/α,β-unsaturated/α-hetero) is 1. The number of H-pyrrole nitrogens is 2. The number of aromatic hydroxyl groups is 1. The molecule has 43 heteroatoms. The van der Waals surface area contributed by atoms with Crippen LogP contribution < -0.4 is 70.4 Å². The number of amides is 16. The zero-order valence-electron chi connectivity index (χ0n) is 77.3. The van der Waals surface area contributed by atoms with E-state index in [9.17, 15) is 48.6 Å². The van der Waals surface area contributed by atoms with Gasteiger partial charge in [-0.25, -0.2) is 4.98 Å². The normalized spacial score (nSPS) is 24.0. The molecule has 6 heterocycles. The van der Waals surface area contributed by atoms with E-state index in [1.165, 1.54) is 84.0 Å². The first-order valence-electron chi connectivity index (χ1n) is 45.6. The molecule has 41 nitrogen and oxygen atoms in total. The van der Waals surface area contributed by atoms with Crippen LogP contribution in [0.1, 0.15) is 159 Å². The lowest BCUT2D eigenvalue weighted by molar-refractivity contribution is -0.149. The molecule has 0 bridgehead atoms. The number of para-hydroxylation sites is 1. The van der Waals surface area contributed by atoms with Crippen molar-refractivity contribution in [2.45, 2.75) is 229 Å². The van der Waals surface area contributed by atoms with Crippen LogP contribution in [0.5, 0.6) is 5.75 Å². The first kappa shape index (κ1) is 106. The fraction of sp³-hybridized carbons (Fsp3) is 0.533. The molecule has 6 aromatic rings. The van der Waals surface area contributed by atoms with Gasteiger partial charge in [0.15, 0.2) is 5.96 Å². The Balaban J connectivity index is 1.10. The molecular weight excluding hydrogens is 1780 g/mol. The largest absolute Gasteiger partial charge is 0.508 e. The molecule has 135 heavy (non-hydrogen) atoms. The third-order valence-corrected chi connectivity index (χ3v) is 26.5. The predicted molar refractivity (Wildman–Crippen MR) is 503 cm³/mol. The lowest BCUT2D eigenvalue weighted by atomic mass is 9.93. The van der Waals surface area contributed by atoms with Crippen LogP contribution in [0.25, 0.3) is 21.0 Å². The Morgan fingerprint density at radius 2 is 1.18 bits per heavy atom. The van der Waals surface area contributed by atoms with E-state index in [0.29, 0.717) is 59.0 Å². The number of nitrogens with one attached hydrogen (secondary N) is 13. The minimum atomic E-state index is -1.84. The molecule has 3 aromatic carbocycles. The summed E-state index contributed by atoms with van der Waals surface area (Å²) in [7, 11) is 3.98. The highest BCUT2D eigenvalue weighted by molar-refractivity contribution is 8.00. The number of aromatic amines is 2. The first-order valence-corrected chi connectivity index (χ1v) is 47.6. The molecule has 732 valence electrons. The number of carbonyl (C=O) groups is 17. The smallest absolute Gasteiger partial charge is 0.246 e. The summed E-state index contributed by atoms with van der Waals surface area (Å²) in [5.41, 5.74) is 19.4. The van der Waals surface area contributed by atoms with Gasteiger partial charge in [-0.15, -0.1) is 11.3 Å². The molecule has 1 unspecified atom stereocenters. The number of aliphatic hydroxyl groups excluding tert-OH is 1. The highest BCUT2D eigenvalue weighted by Crippen LogP contribution is 2.31. The average Bonchev–Trinajstić information content (AvgIpc) is 1.73. The summed E-state index contributed by atoms with van der Waals surface area (Å²) >= 11 is 2.19. The Labute approximate surface area is 790 Å². The summed E-state index contributed by atoms with van der Waals surface area (Å²) in [6.45, 7) is 6.26. The number of phenolic OH excluding ortho intramolecular Hbond substituents is 1. The number of guanidine groups is 1. The van der Waals surface area contributed by atoms with Crippen molar-refractivity contribution in [3.05, 3.63) is 119 Å². The van der Waals surface area contributed by atoms with Gasteiger partial charge in [-0.2, -0.15) is 11.8 Å². The summed E-state index contributed by atoms with van der Waals surface area (Å²) in [6.07, 6.45) is 4.64. The van der Waals surface area contributed by atoms with Gasteiger partial charge in [-0.05, 0) is 122 Å². The number of hydrogen-bond donors (Lipinski definition) is 18. The summed E-state index contributed by atoms with van der Waals surface area (Å²) in [6, 6.07) is 2.11. The molecule has 0 aliphatic carbocycles. The molecule has 3 fully saturated rings. The number of unbranched alkanes of at least 4 members (excludes halogenated alkanes) is 2. The van der Waals surface area contributed by atoms with Gasteiger partial charge in [0.25, 0.3) is 0 Å². The van der Waals surface area contributed by atoms with E-state index in [-0.39, 0.29) is 108 Å². The maximum atomic E-state index is 15.8. The van der Waals surface area contributed by atoms with Crippen LogP contribution >= 0.6 is 23.1 Å². The van der Waals surface area contributed by atoms with Crippen molar-refractivity contribution >= 4 is 150 Å². The minimum Gasteiger partial charge on any atom is -0.508 e. The Bertz CT molecular complexity index is 5210. The van der Waals surface area contributed by atoms with Crippen LogP contribution in [-0.4, -0.2) is 300 Å². The fourth-order valence-electron chi connectivity index (χ4n) is 17.1. The van der Waals surface area contributed by atoms with E-state index in [0.717, 1.165) is 31.6 Å². The van der Waals surface area contributed by atoms with E-state index < -0.39 is 235 Å². The van der Waals surface area contributed by atoms with Crippen LogP contribution in [0.3, 0.4) is 0 Å². The molecule has 3 aliphatic heterocycles. The highest BCUT2D eigenvalue weighted by Gasteiger charge is 2.46. The number of rotatable bonds is 26. The Hall–Kier alpha value is -13.1. The van der Waals surface area contributed by atoms with Gasteiger partial charge in [0.1, 0.15) is 84.0 Å². The van der Waals surface area contributed by atoms with Crippen molar-refractivity contribution in [3.63, 3.8) is 0 Å². The molecule has 3 saturated heterocycles. The van der Waals surface area contributed by atoms with Crippen molar-refractivity contribution in [1.29, 1.82) is 5.41 Å². The van der Waals surface area contributed by atoms with Gasteiger partial charge >= 0.3 is 0 Å². The minimum absolute atomic E-state index is 0.000366. The number of thioether (sulfide) groups is 1. The van der Waals surface area contributed by atoms with Gasteiger partial charge < -0.3 is 115 Å². The number of nitrogens with two attached hydrogens (primary N) is 3. The summed E-state index contributed by atoms with van der Waals surface area (Å²) in [4.78, 5) is 267. The average molecular weight is 1910 g/mol. The standard InChI is InChI=1S/C92H128N22O19S2/c1-9-11-24-70-83(125)103-62(23-17-33-98-92(95)96)80(122)108-69(79(121)100-44-76(94)119)49-134-48-58(117)38-54(37-53-29-31-57(116)32-30-53)87(129)110(6)45-77(120)102-66(41-75(93)118)90(132)114-35-19-27-72(114)85(127)109-78(52(5)67-43-97-50-101-67)86(128)106-64(36-51(3)4)89(131)113-34-18-26-71(113)84(126)104-63(39-55-42-99-61-22-15-13-20-59(55)61)81(123)107-68(46-115)82(124)105-65(40-56-47-135-74-28-16-14-21-60(56)74)88(130)112(8)73(25-12-10-2)91(133)111(70)7/h13-16,20-22,28-32,42-43,47,50-52,54,62-66,68-73,78,99,115-116H,9-12,17-19,23-27,33-41,44-46,48-49H2,1-8H3,(H2,93,118)(H2,94,119)(H,97,101)(H,100,121)(H,102,120)(H,103,125)(H,104,126)(H,105,124)(H,106,128)(H,107,123)(H,108,122)(H,109,127)(H4,95,96,98)/t52?,54-,62+,63+,64+,65+,66+,68+,69+,70+,71+,72+,73+,78+/m1/s1. The van der Waals surface area contributed by atoms with Gasteiger partial charge in [-0.3, -0.25) is 86.9 Å². The number of likely N-dealkylation sites (N-methyl/N-ethyl adjacent to an activating group) is 3. The maximum Gasteiger partial charge on any atom is 0.246 e. The predicted octanol–water partition coefficient (Wildman–Crippen LogP) is 0.0969. The Morgan fingerprint density at radius 1 is 0.585 bits per heavy atom. The zero-order chi connectivity index (χ0) is 98.4. The van der Waals surface area contributed by atoms with Crippen molar-refractivity contribution < 1.29 is 91.7 Å².